The minimum atomic E-state index is -1.05. The fourth-order valence-electron chi connectivity index (χ4n) is 6.27. The van der Waals surface area contributed by atoms with Crippen molar-refractivity contribution in [3.63, 3.8) is 0 Å². The second-order valence-corrected chi connectivity index (χ2v) is 10.1. The second-order valence-electron chi connectivity index (χ2n) is 10.1. The number of fused-ring (bicyclic) bond motifs is 1. The number of ether oxygens (including phenoxy) is 2. The fourth-order valence-corrected chi connectivity index (χ4v) is 6.27. The number of hydrogen-bond donors (Lipinski definition) is 1. The highest BCUT2D eigenvalue weighted by molar-refractivity contribution is 5.98. The Hall–Kier alpha value is -1.93. The zero-order chi connectivity index (χ0) is 24.6. The number of amides is 2. The maximum Gasteiger partial charge on any atom is 0.312 e. The Kier molecular flexibility index (Phi) is 7.58. The summed E-state index contributed by atoms with van der Waals surface area (Å²) in [5.41, 5.74) is -1.90. The number of hydrogen-bond acceptors (Lipinski definition) is 6. The molecule has 186 valence electrons. The molecule has 8 heteroatoms. The SMILES string of the molecule is C=CCN(C(=O)C1N(CCCCCO)C(=O)[C@@H]2[C@H](C(=O)OCC)[C@@]3(C)OC12CC3C)C(C)C. The molecule has 8 nitrogen and oxygen atoms in total. The summed E-state index contributed by atoms with van der Waals surface area (Å²) >= 11 is 0. The third-order valence-corrected chi connectivity index (χ3v) is 7.88. The van der Waals surface area contributed by atoms with E-state index in [9.17, 15) is 14.4 Å². The van der Waals surface area contributed by atoms with Gasteiger partial charge < -0.3 is 24.4 Å². The van der Waals surface area contributed by atoms with E-state index in [4.69, 9.17) is 14.6 Å². The van der Waals surface area contributed by atoms with Crippen LogP contribution in [-0.2, 0) is 23.9 Å². The van der Waals surface area contributed by atoms with Gasteiger partial charge in [0.1, 0.15) is 17.6 Å². The number of carbonyl (C=O) groups excluding carboxylic acids is 3. The van der Waals surface area contributed by atoms with Crippen LogP contribution in [0.15, 0.2) is 12.7 Å². The van der Waals surface area contributed by atoms with Crippen LogP contribution in [0.25, 0.3) is 0 Å². The van der Waals surface area contributed by atoms with Crippen molar-refractivity contribution in [1.82, 2.24) is 9.80 Å². The average molecular weight is 465 g/mol. The topological polar surface area (TPSA) is 96.4 Å². The van der Waals surface area contributed by atoms with Crippen LogP contribution in [-0.4, -0.2) is 82.3 Å². The highest BCUT2D eigenvalue weighted by Gasteiger charge is 2.80. The van der Waals surface area contributed by atoms with Crippen molar-refractivity contribution in [2.45, 2.75) is 83.6 Å². The van der Waals surface area contributed by atoms with E-state index in [1.54, 1.807) is 22.8 Å². The smallest absolute Gasteiger partial charge is 0.312 e. The lowest BCUT2D eigenvalue weighted by Crippen LogP contribution is -2.57. The van der Waals surface area contributed by atoms with Gasteiger partial charge in [0.05, 0.1) is 18.1 Å². The Morgan fingerprint density at radius 3 is 2.64 bits per heavy atom. The van der Waals surface area contributed by atoms with Gasteiger partial charge in [-0.2, -0.15) is 0 Å². The summed E-state index contributed by atoms with van der Waals surface area (Å²) in [6, 6.07) is -0.875. The van der Waals surface area contributed by atoms with Crippen molar-refractivity contribution in [1.29, 1.82) is 0 Å². The summed E-state index contributed by atoms with van der Waals surface area (Å²) in [5, 5.41) is 9.14. The molecule has 3 aliphatic rings. The van der Waals surface area contributed by atoms with E-state index in [1.807, 2.05) is 27.7 Å². The Bertz CT molecular complexity index is 785. The monoisotopic (exact) mass is 464 g/mol. The zero-order valence-electron chi connectivity index (χ0n) is 20.7. The number of unbranched alkanes of at least 4 members (excludes halogenated alkanes) is 2. The molecule has 0 aliphatic carbocycles. The van der Waals surface area contributed by atoms with Gasteiger partial charge >= 0.3 is 5.97 Å². The minimum Gasteiger partial charge on any atom is -0.466 e. The molecule has 1 spiro atoms. The molecule has 3 aliphatic heterocycles. The maximum absolute atomic E-state index is 14.0. The molecule has 3 saturated heterocycles. The molecular weight excluding hydrogens is 424 g/mol. The molecule has 0 aromatic rings. The highest BCUT2D eigenvalue weighted by Crippen LogP contribution is 2.65. The minimum absolute atomic E-state index is 0.00695. The first kappa shape index (κ1) is 25.7. The van der Waals surface area contributed by atoms with E-state index >= 15 is 0 Å². The Morgan fingerprint density at radius 1 is 1.36 bits per heavy atom. The molecule has 0 aromatic carbocycles. The number of aliphatic hydroxyl groups excluding tert-OH is 1. The second kappa shape index (κ2) is 9.74. The van der Waals surface area contributed by atoms with Gasteiger partial charge in [0.2, 0.25) is 11.8 Å². The predicted octanol–water partition coefficient (Wildman–Crippen LogP) is 2.15. The molecule has 0 radical (unpaired) electrons. The maximum atomic E-state index is 14.0. The van der Waals surface area contributed by atoms with E-state index in [0.717, 1.165) is 6.42 Å². The van der Waals surface area contributed by atoms with Crippen molar-refractivity contribution in [2.24, 2.45) is 17.8 Å². The molecule has 1 N–H and O–H groups in total. The molecule has 2 amide bonds. The highest BCUT2D eigenvalue weighted by atomic mass is 16.6. The quantitative estimate of drug-likeness (QED) is 0.286. The number of rotatable bonds is 11. The van der Waals surface area contributed by atoms with Gasteiger partial charge in [-0.25, -0.2) is 0 Å². The van der Waals surface area contributed by atoms with Crippen LogP contribution in [0.1, 0.15) is 60.3 Å². The zero-order valence-corrected chi connectivity index (χ0v) is 20.7. The molecular formula is C25H40N2O6. The van der Waals surface area contributed by atoms with Crippen molar-refractivity contribution in [2.75, 3.05) is 26.3 Å². The van der Waals surface area contributed by atoms with Crippen LogP contribution in [0.4, 0.5) is 0 Å². The Morgan fingerprint density at radius 2 is 2.06 bits per heavy atom. The molecule has 0 aromatic heterocycles. The van der Waals surface area contributed by atoms with Crippen LogP contribution >= 0.6 is 0 Å². The molecule has 33 heavy (non-hydrogen) atoms. The van der Waals surface area contributed by atoms with Crippen LogP contribution in [0.2, 0.25) is 0 Å². The summed E-state index contributed by atoms with van der Waals surface area (Å²) in [5.74, 6) is -2.27. The summed E-state index contributed by atoms with van der Waals surface area (Å²) in [7, 11) is 0. The molecule has 2 bridgehead atoms. The van der Waals surface area contributed by atoms with Crippen molar-refractivity contribution >= 4 is 17.8 Å². The van der Waals surface area contributed by atoms with Gasteiger partial charge in [-0.1, -0.05) is 13.0 Å². The predicted molar refractivity (Wildman–Crippen MR) is 123 cm³/mol. The average Bonchev–Trinajstić information content (AvgIpc) is 3.26. The Balaban J connectivity index is 2.06. The van der Waals surface area contributed by atoms with Crippen LogP contribution in [0.3, 0.4) is 0 Å². The summed E-state index contributed by atoms with van der Waals surface area (Å²) < 4.78 is 12.0. The third kappa shape index (κ3) is 3.99. The number of aliphatic hydroxyl groups is 1. The van der Waals surface area contributed by atoms with Crippen LogP contribution in [0.5, 0.6) is 0 Å². The van der Waals surface area contributed by atoms with Gasteiger partial charge in [-0.3, -0.25) is 14.4 Å². The van der Waals surface area contributed by atoms with Crippen molar-refractivity contribution < 1.29 is 29.0 Å². The number of esters is 1. The van der Waals surface area contributed by atoms with Gasteiger partial charge in [-0.05, 0) is 59.3 Å². The van der Waals surface area contributed by atoms with Gasteiger partial charge in [0, 0.05) is 25.7 Å². The summed E-state index contributed by atoms with van der Waals surface area (Å²) in [6.45, 7) is 14.4. The molecule has 3 heterocycles. The van der Waals surface area contributed by atoms with Crippen LogP contribution in [0, 0.1) is 17.8 Å². The lowest BCUT2D eigenvalue weighted by molar-refractivity contribution is -0.162. The standard InChI is InChI=1S/C25H40N2O6/c1-7-12-26(16(3)4)22(30)20-25-15-17(5)24(6,33-25)19(23(31)32-8-2)18(25)21(29)27(20)13-10-9-11-14-28/h7,16-20,28H,1,8-15H2,2-6H3/t17?,18-,19+,20?,24-,25?/m0/s1. The number of carbonyl (C=O) groups is 3. The molecule has 0 saturated carbocycles. The summed E-state index contributed by atoms with van der Waals surface area (Å²) in [6.07, 6.45) is 4.28. The normalized spacial score (nSPS) is 34.6. The molecule has 6 atom stereocenters. The Labute approximate surface area is 197 Å². The van der Waals surface area contributed by atoms with Gasteiger partial charge in [0.25, 0.3) is 0 Å². The molecule has 3 fully saturated rings. The largest absolute Gasteiger partial charge is 0.466 e. The van der Waals surface area contributed by atoms with E-state index in [1.165, 1.54) is 0 Å². The van der Waals surface area contributed by atoms with E-state index in [-0.39, 0.29) is 37.0 Å². The van der Waals surface area contributed by atoms with E-state index < -0.39 is 35.0 Å². The van der Waals surface area contributed by atoms with E-state index in [2.05, 4.69) is 6.58 Å². The van der Waals surface area contributed by atoms with Crippen LogP contribution < -0.4 is 0 Å². The lowest BCUT2D eigenvalue weighted by Gasteiger charge is -2.38. The van der Waals surface area contributed by atoms with Gasteiger partial charge in [-0.15, -0.1) is 6.58 Å². The van der Waals surface area contributed by atoms with E-state index in [0.29, 0.717) is 32.4 Å². The summed E-state index contributed by atoms with van der Waals surface area (Å²) in [4.78, 5) is 44.3. The molecule has 3 rings (SSSR count). The first-order valence-electron chi connectivity index (χ1n) is 12.3. The molecule has 3 unspecified atom stereocenters. The van der Waals surface area contributed by atoms with Gasteiger partial charge in [0.15, 0.2) is 0 Å². The van der Waals surface area contributed by atoms with Crippen molar-refractivity contribution in [3.8, 4) is 0 Å². The number of likely N-dealkylation sites (tertiary alicyclic amines) is 1. The first-order valence-corrected chi connectivity index (χ1v) is 12.3. The van der Waals surface area contributed by atoms with Crippen molar-refractivity contribution in [3.05, 3.63) is 12.7 Å². The number of nitrogens with zero attached hydrogens (tertiary/aromatic N) is 2. The lowest BCUT2D eigenvalue weighted by atomic mass is 9.62. The fraction of sp³-hybridized carbons (Fsp3) is 0.800. The first-order chi connectivity index (χ1) is 15.6. The third-order valence-electron chi connectivity index (χ3n) is 7.88.